The number of anilines is 1. The Morgan fingerprint density at radius 2 is 1.77 bits per heavy atom. The molecule has 1 aromatic heterocycles. The van der Waals surface area contributed by atoms with Crippen LogP contribution in [0.4, 0.5) is 5.69 Å². The van der Waals surface area contributed by atoms with Gasteiger partial charge in [0.1, 0.15) is 6.04 Å². The number of nitrogens with one attached hydrogen (secondary N) is 1. The molecule has 9 nitrogen and oxygen atoms in total. The molecule has 164 valence electrons. The lowest BCUT2D eigenvalue weighted by Crippen LogP contribution is -2.45. The Balaban J connectivity index is 2.48. The van der Waals surface area contributed by atoms with Crippen molar-refractivity contribution in [3.8, 4) is 0 Å². The first-order chi connectivity index (χ1) is 13.9. The highest BCUT2D eigenvalue weighted by atomic mass is 32.2. The molecular weight excluding hydrogens is 430 g/mol. The van der Waals surface area contributed by atoms with E-state index in [0.29, 0.717) is 5.56 Å². The fourth-order valence-electron chi connectivity index (χ4n) is 2.87. The third kappa shape index (κ3) is 6.51. The van der Waals surface area contributed by atoms with E-state index in [2.05, 4.69) is 9.71 Å². The zero-order chi connectivity index (χ0) is 22.5. The van der Waals surface area contributed by atoms with E-state index in [9.17, 15) is 26.7 Å². The summed E-state index contributed by atoms with van der Waals surface area (Å²) in [7, 11) is -7.72. The molecule has 0 fully saturated rings. The zero-order valence-electron chi connectivity index (χ0n) is 16.9. The topological polar surface area (TPSA) is 134 Å². The molecule has 1 heterocycles. The van der Waals surface area contributed by atoms with Crippen molar-refractivity contribution in [2.75, 3.05) is 11.0 Å². The molecule has 0 bridgehead atoms. The van der Waals surface area contributed by atoms with Crippen LogP contribution in [-0.4, -0.2) is 49.5 Å². The number of hydrogen-bond donors (Lipinski definition) is 2. The van der Waals surface area contributed by atoms with E-state index in [1.165, 1.54) is 30.5 Å². The molecule has 11 heteroatoms. The predicted octanol–water partition coefficient (Wildman–Crippen LogP) is 2.14. The van der Waals surface area contributed by atoms with Gasteiger partial charge < -0.3 is 5.11 Å². The molecule has 0 radical (unpaired) electrons. The summed E-state index contributed by atoms with van der Waals surface area (Å²) in [5.41, 5.74) is 0.749. The summed E-state index contributed by atoms with van der Waals surface area (Å²) in [6.45, 7) is 3.47. The van der Waals surface area contributed by atoms with Crippen LogP contribution in [0, 0.1) is 5.92 Å². The molecule has 1 unspecified atom stereocenters. The van der Waals surface area contributed by atoms with Gasteiger partial charge in [0.15, 0.2) is 0 Å². The maximum Gasteiger partial charge on any atom is 0.322 e. The van der Waals surface area contributed by atoms with Gasteiger partial charge in [-0.05, 0) is 48.2 Å². The summed E-state index contributed by atoms with van der Waals surface area (Å²) in [6.07, 6.45) is 4.13. The molecule has 0 aliphatic rings. The molecule has 1 aromatic carbocycles. The van der Waals surface area contributed by atoms with Gasteiger partial charge in [-0.2, -0.15) is 4.31 Å². The average molecular weight is 456 g/mol. The highest BCUT2D eigenvalue weighted by molar-refractivity contribution is 7.92. The molecule has 0 amide bonds. The molecule has 0 saturated carbocycles. The summed E-state index contributed by atoms with van der Waals surface area (Å²) in [4.78, 5) is 15.8. The maximum atomic E-state index is 13.4. The standard InChI is InChI=1S/C19H25N3O6S2/c1-14(2)11-18(19(23)24)22(13-15-5-4-10-20-12-15)30(27,28)17-8-6-16(7-9-17)21-29(3,25)26/h4-10,12,14,18,21H,11,13H2,1-3H3,(H,23,24). The van der Waals surface area contributed by atoms with Crippen molar-refractivity contribution in [1.82, 2.24) is 9.29 Å². The minimum Gasteiger partial charge on any atom is -0.480 e. The first-order valence-electron chi connectivity index (χ1n) is 9.11. The van der Waals surface area contributed by atoms with Gasteiger partial charge >= 0.3 is 5.97 Å². The van der Waals surface area contributed by atoms with Crippen LogP contribution in [0.2, 0.25) is 0 Å². The number of aliphatic carboxylic acids is 1. The van der Waals surface area contributed by atoms with Crippen LogP contribution < -0.4 is 4.72 Å². The Labute approximate surface area is 176 Å². The van der Waals surface area contributed by atoms with Crippen LogP contribution in [-0.2, 0) is 31.4 Å². The second-order valence-corrected chi connectivity index (χ2v) is 10.9. The van der Waals surface area contributed by atoms with E-state index in [-0.39, 0.29) is 29.5 Å². The van der Waals surface area contributed by atoms with E-state index in [1.54, 1.807) is 18.3 Å². The van der Waals surface area contributed by atoms with Crippen LogP contribution in [0.5, 0.6) is 0 Å². The fraction of sp³-hybridized carbons (Fsp3) is 0.368. The molecular formula is C19H25N3O6S2. The van der Waals surface area contributed by atoms with Gasteiger partial charge in [-0.15, -0.1) is 0 Å². The van der Waals surface area contributed by atoms with Crippen molar-refractivity contribution in [3.63, 3.8) is 0 Å². The third-order valence-electron chi connectivity index (χ3n) is 4.15. The molecule has 0 spiro atoms. The van der Waals surface area contributed by atoms with Crippen molar-refractivity contribution in [1.29, 1.82) is 0 Å². The Hall–Kier alpha value is -2.50. The fourth-order valence-corrected chi connectivity index (χ4v) is 5.01. The Kier molecular flexibility index (Phi) is 7.56. The van der Waals surface area contributed by atoms with Crippen LogP contribution >= 0.6 is 0 Å². The van der Waals surface area contributed by atoms with Crippen molar-refractivity contribution in [3.05, 3.63) is 54.4 Å². The monoisotopic (exact) mass is 455 g/mol. The van der Waals surface area contributed by atoms with Crippen LogP contribution in [0.3, 0.4) is 0 Å². The molecule has 0 aliphatic heterocycles. The highest BCUT2D eigenvalue weighted by Gasteiger charge is 2.36. The smallest absolute Gasteiger partial charge is 0.322 e. The summed E-state index contributed by atoms with van der Waals surface area (Å²) in [5.74, 6) is -1.30. The molecule has 0 aliphatic carbocycles. The largest absolute Gasteiger partial charge is 0.480 e. The van der Waals surface area contributed by atoms with Crippen molar-refractivity contribution < 1.29 is 26.7 Å². The normalized spacial score (nSPS) is 13.4. The lowest BCUT2D eigenvalue weighted by molar-refractivity contribution is -0.142. The number of nitrogens with zero attached hydrogens (tertiary/aromatic N) is 2. The van der Waals surface area contributed by atoms with Gasteiger partial charge in [-0.3, -0.25) is 14.5 Å². The van der Waals surface area contributed by atoms with Gasteiger partial charge in [0.25, 0.3) is 0 Å². The molecule has 1 atom stereocenters. The average Bonchev–Trinajstić information content (AvgIpc) is 2.64. The first kappa shape index (κ1) is 23.8. The van der Waals surface area contributed by atoms with Crippen LogP contribution in [0.15, 0.2) is 53.7 Å². The number of sulfonamides is 2. The van der Waals surface area contributed by atoms with E-state index < -0.39 is 32.1 Å². The molecule has 2 N–H and O–H groups in total. The Morgan fingerprint density at radius 1 is 1.13 bits per heavy atom. The number of carboxylic acids is 1. The predicted molar refractivity (Wildman–Crippen MR) is 113 cm³/mol. The van der Waals surface area contributed by atoms with Crippen LogP contribution in [0.1, 0.15) is 25.8 Å². The van der Waals surface area contributed by atoms with Crippen molar-refractivity contribution in [2.24, 2.45) is 5.92 Å². The van der Waals surface area contributed by atoms with Gasteiger partial charge in [-0.25, -0.2) is 16.8 Å². The van der Waals surface area contributed by atoms with Crippen molar-refractivity contribution in [2.45, 2.75) is 37.8 Å². The number of pyridine rings is 1. The summed E-state index contributed by atoms with van der Waals surface area (Å²) in [6, 6.07) is 7.15. The lowest BCUT2D eigenvalue weighted by Gasteiger charge is -2.29. The Bertz CT molecular complexity index is 1070. The van der Waals surface area contributed by atoms with E-state index >= 15 is 0 Å². The number of carboxylic acid groups (broad SMARTS) is 1. The van der Waals surface area contributed by atoms with Crippen LogP contribution in [0.25, 0.3) is 0 Å². The molecule has 0 saturated heterocycles. The minimum absolute atomic E-state index is 0.0564. The SMILES string of the molecule is CC(C)CC(C(=O)O)N(Cc1cccnc1)S(=O)(=O)c1ccc(NS(C)(=O)=O)cc1. The Morgan fingerprint density at radius 3 is 2.23 bits per heavy atom. The van der Waals surface area contributed by atoms with Crippen molar-refractivity contribution >= 4 is 31.7 Å². The van der Waals surface area contributed by atoms with Gasteiger partial charge in [0, 0.05) is 24.6 Å². The second-order valence-electron chi connectivity index (χ2n) is 7.29. The van der Waals surface area contributed by atoms with Gasteiger partial charge in [0.2, 0.25) is 20.0 Å². The zero-order valence-corrected chi connectivity index (χ0v) is 18.5. The molecule has 2 rings (SSSR count). The minimum atomic E-state index is -4.20. The summed E-state index contributed by atoms with van der Waals surface area (Å²) in [5, 5.41) is 9.75. The van der Waals surface area contributed by atoms with E-state index in [1.807, 2.05) is 13.8 Å². The number of rotatable bonds is 10. The first-order valence-corrected chi connectivity index (χ1v) is 12.4. The number of aromatic nitrogens is 1. The summed E-state index contributed by atoms with van der Waals surface area (Å²) >= 11 is 0. The molecule has 30 heavy (non-hydrogen) atoms. The summed E-state index contributed by atoms with van der Waals surface area (Å²) < 4.78 is 52.6. The number of carbonyl (C=O) groups is 1. The number of hydrogen-bond acceptors (Lipinski definition) is 6. The van der Waals surface area contributed by atoms with E-state index in [4.69, 9.17) is 0 Å². The highest BCUT2D eigenvalue weighted by Crippen LogP contribution is 2.25. The van der Waals surface area contributed by atoms with E-state index in [0.717, 1.165) is 10.6 Å². The second kappa shape index (κ2) is 9.54. The quantitative estimate of drug-likeness (QED) is 0.560. The maximum absolute atomic E-state index is 13.4. The van der Waals surface area contributed by atoms with Gasteiger partial charge in [0.05, 0.1) is 11.2 Å². The molecule has 2 aromatic rings. The number of benzene rings is 1. The lowest BCUT2D eigenvalue weighted by atomic mass is 10.0. The van der Waals surface area contributed by atoms with Gasteiger partial charge in [-0.1, -0.05) is 19.9 Å². The third-order valence-corrected chi connectivity index (χ3v) is 6.63.